The molecular formula is C20H24ClN3O3S. The van der Waals surface area contributed by atoms with E-state index >= 15 is 0 Å². The van der Waals surface area contributed by atoms with E-state index in [9.17, 15) is 13.2 Å². The van der Waals surface area contributed by atoms with Crippen LogP contribution >= 0.6 is 11.6 Å². The second-order valence-electron chi connectivity index (χ2n) is 6.91. The zero-order valence-electron chi connectivity index (χ0n) is 15.9. The van der Waals surface area contributed by atoms with Crippen LogP contribution in [0.4, 0.5) is 10.5 Å². The number of hydrogen-bond donors (Lipinski definition) is 1. The Kier molecular flexibility index (Phi) is 6.27. The molecule has 2 amide bonds. The highest BCUT2D eigenvalue weighted by Gasteiger charge is 2.27. The fourth-order valence-electron chi connectivity index (χ4n) is 3.16. The Bertz CT molecular complexity index is 941. The second kappa shape index (κ2) is 8.51. The van der Waals surface area contributed by atoms with E-state index in [1.165, 1.54) is 10.4 Å². The summed E-state index contributed by atoms with van der Waals surface area (Å²) in [4.78, 5) is 14.4. The normalized spacial score (nSPS) is 16.0. The van der Waals surface area contributed by atoms with Gasteiger partial charge < -0.3 is 10.2 Å². The number of nitrogens with one attached hydrogen (secondary N) is 1. The summed E-state index contributed by atoms with van der Waals surface area (Å²) in [6.45, 7) is 3.00. The summed E-state index contributed by atoms with van der Waals surface area (Å²) in [6.07, 6.45) is 1.76. The van der Waals surface area contributed by atoms with Gasteiger partial charge in [-0.3, -0.25) is 0 Å². The average molecular weight is 422 g/mol. The van der Waals surface area contributed by atoms with Gasteiger partial charge >= 0.3 is 6.03 Å². The number of rotatable bonds is 5. The number of amides is 2. The molecule has 0 unspecified atom stereocenters. The number of urea groups is 1. The van der Waals surface area contributed by atoms with Crippen molar-refractivity contribution in [3.8, 4) is 0 Å². The van der Waals surface area contributed by atoms with Gasteiger partial charge in [-0.2, -0.15) is 4.31 Å². The van der Waals surface area contributed by atoms with Crippen molar-refractivity contribution in [2.75, 3.05) is 25.5 Å². The first-order valence-electron chi connectivity index (χ1n) is 9.18. The topological polar surface area (TPSA) is 69.7 Å². The van der Waals surface area contributed by atoms with Crippen molar-refractivity contribution >= 4 is 33.3 Å². The van der Waals surface area contributed by atoms with Gasteiger partial charge in [-0.1, -0.05) is 29.8 Å². The highest BCUT2D eigenvalue weighted by Crippen LogP contribution is 2.25. The van der Waals surface area contributed by atoms with Crippen molar-refractivity contribution < 1.29 is 13.2 Å². The maximum absolute atomic E-state index is 12.7. The zero-order chi connectivity index (χ0) is 20.3. The van der Waals surface area contributed by atoms with Crippen LogP contribution in [0.15, 0.2) is 53.4 Å². The number of benzene rings is 2. The third-order valence-electron chi connectivity index (χ3n) is 5.04. The molecule has 2 aromatic rings. The fraction of sp³-hybridized carbons (Fsp3) is 0.350. The molecule has 8 heteroatoms. The molecule has 2 aromatic carbocycles. The van der Waals surface area contributed by atoms with Gasteiger partial charge in [0.2, 0.25) is 10.0 Å². The Labute approximate surface area is 171 Å². The van der Waals surface area contributed by atoms with Crippen molar-refractivity contribution in [2.45, 2.75) is 30.7 Å². The lowest BCUT2D eigenvalue weighted by Gasteiger charge is -2.26. The molecule has 3 rings (SSSR count). The molecule has 0 radical (unpaired) electrons. The quantitative estimate of drug-likeness (QED) is 0.780. The molecule has 0 aromatic heterocycles. The first kappa shape index (κ1) is 20.6. The van der Waals surface area contributed by atoms with E-state index in [4.69, 9.17) is 11.6 Å². The van der Waals surface area contributed by atoms with Crippen molar-refractivity contribution in [3.63, 3.8) is 0 Å². The summed E-state index contributed by atoms with van der Waals surface area (Å²) >= 11 is 5.92. The molecule has 0 bridgehead atoms. The Hall–Kier alpha value is -2.09. The zero-order valence-corrected chi connectivity index (χ0v) is 17.5. The maximum Gasteiger partial charge on any atom is 0.322 e. The third kappa shape index (κ3) is 4.48. The maximum atomic E-state index is 12.7. The van der Waals surface area contributed by atoms with Crippen LogP contribution in [-0.2, 0) is 10.0 Å². The minimum atomic E-state index is -3.52. The smallest absolute Gasteiger partial charge is 0.321 e. The Morgan fingerprint density at radius 3 is 2.43 bits per heavy atom. The van der Waals surface area contributed by atoms with Crippen molar-refractivity contribution in [1.82, 2.24) is 9.21 Å². The van der Waals surface area contributed by atoms with Gasteiger partial charge in [0, 0.05) is 30.8 Å². The van der Waals surface area contributed by atoms with Crippen molar-refractivity contribution in [2.24, 2.45) is 0 Å². The molecule has 1 N–H and O–H groups in total. The van der Waals surface area contributed by atoms with Crippen molar-refractivity contribution in [1.29, 1.82) is 0 Å². The monoisotopic (exact) mass is 421 g/mol. The minimum absolute atomic E-state index is 0.172. The van der Waals surface area contributed by atoms with Gasteiger partial charge in [-0.15, -0.1) is 0 Å². The largest absolute Gasteiger partial charge is 0.322 e. The van der Waals surface area contributed by atoms with Gasteiger partial charge in [0.1, 0.15) is 0 Å². The number of nitrogens with zero attached hydrogens (tertiary/aromatic N) is 2. The van der Waals surface area contributed by atoms with E-state index in [1.54, 1.807) is 42.3 Å². The lowest BCUT2D eigenvalue weighted by Crippen LogP contribution is -2.33. The molecule has 1 aliphatic heterocycles. The van der Waals surface area contributed by atoms with E-state index in [2.05, 4.69) is 5.32 Å². The lowest BCUT2D eigenvalue weighted by molar-refractivity contribution is 0.208. The molecule has 6 nitrogen and oxygen atoms in total. The van der Waals surface area contributed by atoms with E-state index in [-0.39, 0.29) is 17.0 Å². The fourth-order valence-corrected chi connectivity index (χ4v) is 4.85. The highest BCUT2D eigenvalue weighted by atomic mass is 35.5. The van der Waals surface area contributed by atoms with Crippen LogP contribution in [0.3, 0.4) is 0 Å². The summed E-state index contributed by atoms with van der Waals surface area (Å²) in [5.74, 6) is 0. The first-order valence-corrected chi connectivity index (χ1v) is 11.0. The van der Waals surface area contributed by atoms with Crippen LogP contribution in [0.1, 0.15) is 31.4 Å². The highest BCUT2D eigenvalue weighted by molar-refractivity contribution is 7.89. The third-order valence-corrected chi connectivity index (χ3v) is 7.19. The molecule has 1 atom stereocenters. The Morgan fingerprint density at radius 1 is 1.14 bits per heavy atom. The van der Waals surface area contributed by atoms with Gasteiger partial charge in [0.25, 0.3) is 0 Å². The van der Waals surface area contributed by atoms with Crippen LogP contribution in [0.5, 0.6) is 0 Å². The molecule has 1 fully saturated rings. The number of halogens is 1. The number of anilines is 1. The average Bonchev–Trinajstić information content (AvgIpc) is 3.23. The summed E-state index contributed by atoms with van der Waals surface area (Å²) in [5, 5.41) is 3.42. The van der Waals surface area contributed by atoms with Gasteiger partial charge in [-0.25, -0.2) is 13.2 Å². The Morgan fingerprint density at radius 2 is 1.79 bits per heavy atom. The number of sulfonamides is 1. The Balaban J connectivity index is 1.72. The summed E-state index contributed by atoms with van der Waals surface area (Å²) < 4.78 is 26.9. The standard InChI is InChI=1S/C20H24ClN3O3S/c1-15(16-8-10-17(21)11-9-16)23(2)20(25)22-18-6-5-7-19(14-18)28(26,27)24-12-3-4-13-24/h5-11,14-15H,3-4,12-13H2,1-2H3,(H,22,25)/t15-/m0/s1. The van der Waals surface area contributed by atoms with Gasteiger partial charge in [0.05, 0.1) is 10.9 Å². The van der Waals surface area contributed by atoms with E-state index in [0.717, 1.165) is 18.4 Å². The molecule has 1 saturated heterocycles. The molecule has 0 saturated carbocycles. The molecular weight excluding hydrogens is 398 g/mol. The summed E-state index contributed by atoms with van der Waals surface area (Å²) in [7, 11) is -1.83. The summed E-state index contributed by atoms with van der Waals surface area (Å²) in [6, 6.07) is 13.2. The van der Waals surface area contributed by atoms with E-state index < -0.39 is 10.0 Å². The van der Waals surface area contributed by atoms with E-state index in [1.807, 2.05) is 19.1 Å². The molecule has 0 spiro atoms. The van der Waals surface area contributed by atoms with Crippen LogP contribution in [0.25, 0.3) is 0 Å². The molecule has 28 heavy (non-hydrogen) atoms. The SMILES string of the molecule is C[C@@H](c1ccc(Cl)cc1)N(C)C(=O)Nc1cccc(S(=O)(=O)N2CCCC2)c1. The van der Waals surface area contributed by atoms with Gasteiger partial charge in [-0.05, 0) is 55.7 Å². The molecule has 150 valence electrons. The van der Waals surface area contributed by atoms with Crippen LogP contribution in [0, 0.1) is 0 Å². The number of carbonyl (C=O) groups excluding carboxylic acids is 1. The van der Waals surface area contributed by atoms with E-state index in [0.29, 0.717) is 23.8 Å². The molecule has 0 aliphatic carbocycles. The summed E-state index contributed by atoms with van der Waals surface area (Å²) in [5.41, 5.74) is 1.40. The van der Waals surface area contributed by atoms with Crippen LogP contribution in [-0.4, -0.2) is 43.8 Å². The van der Waals surface area contributed by atoms with Crippen LogP contribution < -0.4 is 5.32 Å². The molecule has 1 heterocycles. The van der Waals surface area contributed by atoms with Crippen LogP contribution in [0.2, 0.25) is 5.02 Å². The number of hydrogen-bond acceptors (Lipinski definition) is 3. The predicted molar refractivity (Wildman–Crippen MR) is 111 cm³/mol. The van der Waals surface area contributed by atoms with Crippen molar-refractivity contribution in [3.05, 3.63) is 59.1 Å². The molecule has 1 aliphatic rings. The predicted octanol–water partition coefficient (Wildman–Crippen LogP) is 4.35. The van der Waals surface area contributed by atoms with Gasteiger partial charge in [0.15, 0.2) is 0 Å². The first-order chi connectivity index (χ1) is 13.3. The lowest BCUT2D eigenvalue weighted by atomic mass is 10.1. The second-order valence-corrected chi connectivity index (χ2v) is 9.28. The number of carbonyl (C=O) groups is 1. The minimum Gasteiger partial charge on any atom is -0.321 e.